The fourth-order valence-corrected chi connectivity index (χ4v) is 2.51. The van der Waals surface area contributed by atoms with Crippen LogP contribution in [0.1, 0.15) is 24.8 Å². The first-order chi connectivity index (χ1) is 8.65. The molecule has 0 spiro atoms. The predicted molar refractivity (Wildman–Crippen MR) is 66.3 cm³/mol. The summed E-state index contributed by atoms with van der Waals surface area (Å²) in [5.74, 6) is -0.852. The lowest BCUT2D eigenvalue weighted by Crippen LogP contribution is -2.36. The van der Waals surface area contributed by atoms with Crippen molar-refractivity contribution in [2.24, 2.45) is 5.92 Å². The van der Waals surface area contributed by atoms with E-state index in [0.29, 0.717) is 18.4 Å². The van der Waals surface area contributed by atoms with E-state index in [4.69, 9.17) is 0 Å². The Kier molecular flexibility index (Phi) is 4.66. The Morgan fingerprint density at radius 3 is 2.61 bits per heavy atom. The second-order valence-corrected chi connectivity index (χ2v) is 4.99. The molecule has 18 heavy (non-hydrogen) atoms. The van der Waals surface area contributed by atoms with Crippen molar-refractivity contribution in [3.63, 3.8) is 0 Å². The van der Waals surface area contributed by atoms with Crippen LogP contribution in [0.5, 0.6) is 0 Å². The number of aliphatic hydroxyl groups is 1. The molecule has 1 aliphatic rings. The van der Waals surface area contributed by atoms with Crippen LogP contribution in [0.25, 0.3) is 0 Å². The number of piperidine rings is 1. The van der Waals surface area contributed by atoms with Gasteiger partial charge in [0, 0.05) is 12.6 Å². The fraction of sp³-hybridized carbons (Fsp3) is 0.571. The Hall–Kier alpha value is -1.00. The zero-order valence-electron chi connectivity index (χ0n) is 10.3. The van der Waals surface area contributed by atoms with Crippen molar-refractivity contribution in [3.05, 3.63) is 35.4 Å². The van der Waals surface area contributed by atoms with Crippen LogP contribution in [0.2, 0.25) is 0 Å². The summed E-state index contributed by atoms with van der Waals surface area (Å²) in [4.78, 5) is 0. The summed E-state index contributed by atoms with van der Waals surface area (Å²) >= 11 is 0. The molecule has 1 fully saturated rings. The molecule has 0 radical (unpaired) electrons. The van der Waals surface area contributed by atoms with Gasteiger partial charge in [-0.15, -0.1) is 0 Å². The van der Waals surface area contributed by atoms with E-state index in [9.17, 15) is 13.9 Å². The van der Waals surface area contributed by atoms with Crippen molar-refractivity contribution in [1.29, 1.82) is 0 Å². The molecular weight excluding hydrogens is 236 g/mol. The molecule has 0 amide bonds. The van der Waals surface area contributed by atoms with E-state index in [-0.39, 0.29) is 5.92 Å². The minimum absolute atomic E-state index is 0.261. The molecule has 1 aromatic carbocycles. The van der Waals surface area contributed by atoms with Crippen LogP contribution in [0.4, 0.5) is 8.78 Å². The molecule has 2 rings (SSSR count). The average Bonchev–Trinajstić information content (AvgIpc) is 2.36. The second kappa shape index (κ2) is 6.25. The normalized spacial score (nSPS) is 21.8. The smallest absolute Gasteiger partial charge is 0.126 e. The van der Waals surface area contributed by atoms with Crippen molar-refractivity contribution in [1.82, 2.24) is 5.32 Å². The number of hydrogen-bond acceptors (Lipinski definition) is 2. The van der Waals surface area contributed by atoms with Gasteiger partial charge in [0.25, 0.3) is 0 Å². The Morgan fingerprint density at radius 1 is 1.28 bits per heavy atom. The summed E-state index contributed by atoms with van der Waals surface area (Å²) in [6, 6.07) is 3.52. The lowest BCUT2D eigenvalue weighted by molar-refractivity contribution is 0.0844. The fourth-order valence-electron chi connectivity index (χ4n) is 2.51. The maximum Gasteiger partial charge on any atom is 0.126 e. The molecule has 2 nitrogen and oxygen atoms in total. The largest absolute Gasteiger partial charge is 0.393 e. The summed E-state index contributed by atoms with van der Waals surface area (Å²) < 4.78 is 26.0. The first-order valence-electron chi connectivity index (χ1n) is 6.49. The highest BCUT2D eigenvalue weighted by Crippen LogP contribution is 2.19. The molecule has 2 atom stereocenters. The highest BCUT2D eigenvalue weighted by atomic mass is 19.1. The molecule has 1 saturated heterocycles. The maximum atomic E-state index is 13.0. The van der Waals surface area contributed by atoms with E-state index in [1.807, 2.05) is 0 Å². The van der Waals surface area contributed by atoms with Crippen molar-refractivity contribution in [3.8, 4) is 0 Å². The van der Waals surface area contributed by atoms with Gasteiger partial charge in [-0.25, -0.2) is 8.78 Å². The molecule has 4 heteroatoms. The van der Waals surface area contributed by atoms with Gasteiger partial charge in [0.1, 0.15) is 11.6 Å². The van der Waals surface area contributed by atoms with Gasteiger partial charge in [-0.3, -0.25) is 0 Å². The number of aryl methyl sites for hydroxylation is 1. The van der Waals surface area contributed by atoms with Crippen LogP contribution in [0, 0.1) is 17.6 Å². The zero-order valence-corrected chi connectivity index (χ0v) is 10.3. The van der Waals surface area contributed by atoms with Gasteiger partial charge >= 0.3 is 0 Å². The standard InChI is InChI=1S/C14H19F2NO/c15-12-6-10(7-13(16)8-12)3-4-14(18)11-2-1-5-17-9-11/h6-8,11,14,17-18H,1-5,9H2. The van der Waals surface area contributed by atoms with Crippen LogP contribution in [0.15, 0.2) is 18.2 Å². The van der Waals surface area contributed by atoms with Crippen LogP contribution in [-0.2, 0) is 6.42 Å². The molecular formula is C14H19F2NO. The van der Waals surface area contributed by atoms with Gasteiger partial charge < -0.3 is 10.4 Å². The highest BCUT2D eigenvalue weighted by Gasteiger charge is 2.21. The molecule has 1 aliphatic heterocycles. The van der Waals surface area contributed by atoms with E-state index >= 15 is 0 Å². The van der Waals surface area contributed by atoms with Crippen molar-refractivity contribution >= 4 is 0 Å². The first kappa shape index (κ1) is 13.4. The third-order valence-electron chi connectivity index (χ3n) is 3.53. The second-order valence-electron chi connectivity index (χ2n) is 4.99. The van der Waals surface area contributed by atoms with Crippen LogP contribution in [0.3, 0.4) is 0 Å². The number of hydrogen-bond donors (Lipinski definition) is 2. The minimum atomic E-state index is -0.557. The third kappa shape index (κ3) is 3.75. The van der Waals surface area contributed by atoms with Crippen molar-refractivity contribution < 1.29 is 13.9 Å². The van der Waals surface area contributed by atoms with Gasteiger partial charge in [0.05, 0.1) is 6.10 Å². The van der Waals surface area contributed by atoms with Gasteiger partial charge in [-0.2, -0.15) is 0 Å². The van der Waals surface area contributed by atoms with E-state index in [1.165, 1.54) is 12.1 Å². The Morgan fingerprint density at radius 2 is 2.00 bits per heavy atom. The Balaban J connectivity index is 1.86. The highest BCUT2D eigenvalue weighted by molar-refractivity contribution is 5.18. The number of halogens is 2. The Bertz CT molecular complexity index is 371. The number of rotatable bonds is 4. The van der Waals surface area contributed by atoms with E-state index in [2.05, 4.69) is 5.32 Å². The number of aliphatic hydroxyl groups excluding tert-OH is 1. The molecule has 0 aliphatic carbocycles. The summed E-state index contributed by atoms with van der Waals surface area (Å²) in [5, 5.41) is 13.3. The van der Waals surface area contributed by atoms with Gasteiger partial charge in [-0.1, -0.05) is 0 Å². The molecule has 0 bridgehead atoms. The topological polar surface area (TPSA) is 32.3 Å². The van der Waals surface area contributed by atoms with Crippen molar-refractivity contribution in [2.45, 2.75) is 31.8 Å². The van der Waals surface area contributed by atoms with E-state index in [1.54, 1.807) is 0 Å². The predicted octanol–water partition coefficient (Wildman–Crippen LogP) is 2.26. The molecule has 0 aromatic heterocycles. The van der Waals surface area contributed by atoms with Gasteiger partial charge in [-0.05, 0) is 55.8 Å². The number of benzene rings is 1. The number of nitrogens with one attached hydrogen (secondary N) is 1. The first-order valence-corrected chi connectivity index (χ1v) is 6.49. The van der Waals surface area contributed by atoms with Crippen LogP contribution >= 0.6 is 0 Å². The van der Waals surface area contributed by atoms with Gasteiger partial charge in [0.2, 0.25) is 0 Å². The van der Waals surface area contributed by atoms with Crippen LogP contribution < -0.4 is 5.32 Å². The summed E-state index contributed by atoms with van der Waals surface area (Å²) in [7, 11) is 0. The molecule has 100 valence electrons. The molecule has 0 saturated carbocycles. The SMILES string of the molecule is OC(CCc1cc(F)cc(F)c1)C1CCCNC1. The summed E-state index contributed by atoms with van der Waals surface area (Å²) in [6.45, 7) is 1.84. The van der Waals surface area contributed by atoms with Gasteiger partial charge in [0.15, 0.2) is 0 Å². The summed E-state index contributed by atoms with van der Waals surface area (Å²) in [6.07, 6.45) is 2.76. The molecule has 2 unspecified atom stereocenters. The van der Waals surface area contributed by atoms with E-state index < -0.39 is 17.7 Å². The monoisotopic (exact) mass is 255 g/mol. The maximum absolute atomic E-state index is 13.0. The molecule has 1 aromatic rings. The Labute approximate surface area is 106 Å². The average molecular weight is 255 g/mol. The lowest BCUT2D eigenvalue weighted by atomic mass is 9.90. The van der Waals surface area contributed by atoms with Crippen LogP contribution in [-0.4, -0.2) is 24.3 Å². The summed E-state index contributed by atoms with van der Waals surface area (Å²) in [5.41, 5.74) is 0.607. The third-order valence-corrected chi connectivity index (χ3v) is 3.53. The zero-order chi connectivity index (χ0) is 13.0. The lowest BCUT2D eigenvalue weighted by Gasteiger charge is -2.27. The molecule has 1 heterocycles. The molecule has 2 N–H and O–H groups in total. The minimum Gasteiger partial charge on any atom is -0.393 e. The van der Waals surface area contributed by atoms with Crippen molar-refractivity contribution in [2.75, 3.05) is 13.1 Å². The van der Waals surface area contributed by atoms with E-state index in [0.717, 1.165) is 32.0 Å². The quantitative estimate of drug-likeness (QED) is 0.865.